The summed E-state index contributed by atoms with van der Waals surface area (Å²) in [7, 11) is 0. The number of aryl methyl sites for hydroxylation is 2. The van der Waals surface area contributed by atoms with Crippen molar-refractivity contribution in [2.45, 2.75) is 13.8 Å². The normalized spacial score (nSPS) is 12.1. The third kappa shape index (κ3) is 3.36. The second-order valence-electron chi connectivity index (χ2n) is 12.7. The molecular weight excluding hydrogens is 556 g/mol. The van der Waals surface area contributed by atoms with Crippen LogP contribution < -0.4 is 4.90 Å². The lowest BCUT2D eigenvalue weighted by Gasteiger charge is -2.27. The van der Waals surface area contributed by atoms with Gasteiger partial charge in [0.1, 0.15) is 0 Å². The maximum atomic E-state index is 2.50. The van der Waals surface area contributed by atoms with E-state index in [0.717, 1.165) is 11.4 Å². The van der Waals surface area contributed by atoms with Crippen LogP contribution in [0.5, 0.6) is 0 Å². The van der Waals surface area contributed by atoms with Crippen molar-refractivity contribution in [1.82, 2.24) is 4.40 Å². The maximum absolute atomic E-state index is 2.50. The Morgan fingerprint density at radius 3 is 1.57 bits per heavy atom. The van der Waals surface area contributed by atoms with Crippen molar-refractivity contribution in [2.75, 3.05) is 4.90 Å². The number of anilines is 3. The largest absolute Gasteiger partial charge is 0.308 e. The van der Waals surface area contributed by atoms with Gasteiger partial charge in [-0.05, 0) is 93.7 Å². The fourth-order valence-electron chi connectivity index (χ4n) is 7.96. The first-order chi connectivity index (χ1) is 22.7. The molecule has 0 saturated heterocycles. The molecule has 0 saturated carbocycles. The van der Waals surface area contributed by atoms with E-state index in [2.05, 4.69) is 169 Å². The van der Waals surface area contributed by atoms with E-state index in [9.17, 15) is 0 Å². The van der Waals surface area contributed by atoms with E-state index >= 15 is 0 Å². The Hall–Kier alpha value is -5.86. The van der Waals surface area contributed by atoms with Crippen LogP contribution in [0.1, 0.15) is 11.1 Å². The minimum atomic E-state index is 1.15. The zero-order valence-corrected chi connectivity index (χ0v) is 25.8. The Morgan fingerprint density at radius 2 is 0.870 bits per heavy atom. The molecule has 0 radical (unpaired) electrons. The summed E-state index contributed by atoms with van der Waals surface area (Å²) >= 11 is 0. The second-order valence-corrected chi connectivity index (χ2v) is 12.7. The molecule has 0 amide bonds. The van der Waals surface area contributed by atoms with Crippen molar-refractivity contribution in [3.8, 4) is 0 Å². The third-order valence-electron chi connectivity index (χ3n) is 10.2. The standard InChI is InChI=1S/C44H30N2/c1-27-21-22-29(25-28(27)2)45(30-23-24-35-33-13-4-3-11-31(33)32-12-5-6-14-34(32)40(35)26-30)42-20-10-18-39-38-17-9-16-37-36-15-7-8-19-41(36)46(43(37)38)44(39)42/h3-26H,1-2H3. The highest BCUT2D eigenvalue weighted by molar-refractivity contribution is 6.27. The summed E-state index contributed by atoms with van der Waals surface area (Å²) in [5.41, 5.74) is 9.82. The number of aromatic nitrogens is 1. The van der Waals surface area contributed by atoms with Gasteiger partial charge in [-0.3, -0.25) is 0 Å². The Labute approximate surface area is 266 Å². The van der Waals surface area contributed by atoms with Gasteiger partial charge in [0.25, 0.3) is 0 Å². The Bertz CT molecular complexity index is 2800. The number of rotatable bonds is 3. The van der Waals surface area contributed by atoms with E-state index in [1.54, 1.807) is 0 Å². The first-order valence-electron chi connectivity index (χ1n) is 16.0. The molecule has 0 atom stereocenters. The van der Waals surface area contributed by atoms with Gasteiger partial charge < -0.3 is 9.30 Å². The monoisotopic (exact) mass is 586 g/mol. The molecule has 2 aromatic heterocycles. The molecule has 0 bridgehead atoms. The van der Waals surface area contributed by atoms with Crippen molar-refractivity contribution in [1.29, 1.82) is 0 Å². The van der Waals surface area contributed by atoms with E-state index in [1.165, 1.54) is 87.2 Å². The molecule has 2 nitrogen and oxygen atoms in total. The summed E-state index contributed by atoms with van der Waals surface area (Å²) in [5, 5.41) is 12.9. The summed E-state index contributed by atoms with van der Waals surface area (Å²) < 4.78 is 2.50. The Kier molecular flexibility index (Phi) is 5.16. The van der Waals surface area contributed by atoms with Crippen LogP contribution in [-0.4, -0.2) is 4.40 Å². The minimum Gasteiger partial charge on any atom is -0.308 e. The van der Waals surface area contributed by atoms with Gasteiger partial charge in [-0.15, -0.1) is 0 Å². The molecular formula is C44H30N2. The minimum absolute atomic E-state index is 1.15. The van der Waals surface area contributed by atoms with Crippen LogP contribution in [0.2, 0.25) is 0 Å². The van der Waals surface area contributed by atoms with Crippen LogP contribution >= 0.6 is 0 Å². The molecule has 8 aromatic carbocycles. The fourth-order valence-corrected chi connectivity index (χ4v) is 7.96. The lowest BCUT2D eigenvalue weighted by Crippen LogP contribution is -2.11. The van der Waals surface area contributed by atoms with Gasteiger partial charge in [0.15, 0.2) is 0 Å². The molecule has 0 fully saturated rings. The van der Waals surface area contributed by atoms with Crippen molar-refractivity contribution in [3.05, 3.63) is 157 Å². The molecule has 2 heteroatoms. The zero-order valence-electron chi connectivity index (χ0n) is 25.8. The van der Waals surface area contributed by atoms with E-state index in [1.807, 2.05) is 0 Å². The fraction of sp³-hybridized carbons (Fsp3) is 0.0455. The topological polar surface area (TPSA) is 7.65 Å². The van der Waals surface area contributed by atoms with Crippen LogP contribution in [0.4, 0.5) is 17.1 Å². The van der Waals surface area contributed by atoms with E-state index < -0.39 is 0 Å². The summed E-state index contributed by atoms with van der Waals surface area (Å²) in [5.74, 6) is 0. The summed E-state index contributed by atoms with van der Waals surface area (Å²) in [4.78, 5) is 2.47. The number of hydrogen-bond acceptors (Lipinski definition) is 1. The van der Waals surface area contributed by atoms with Gasteiger partial charge in [-0.25, -0.2) is 0 Å². The van der Waals surface area contributed by atoms with Crippen molar-refractivity contribution < 1.29 is 0 Å². The van der Waals surface area contributed by atoms with Crippen molar-refractivity contribution >= 4 is 87.5 Å². The molecule has 0 aliphatic rings. The molecule has 2 heterocycles. The molecule has 0 spiro atoms. The van der Waals surface area contributed by atoms with E-state index in [4.69, 9.17) is 0 Å². The number of para-hydroxylation sites is 3. The predicted molar refractivity (Wildman–Crippen MR) is 198 cm³/mol. The molecule has 0 unspecified atom stereocenters. The quantitative estimate of drug-likeness (QED) is 0.187. The lowest BCUT2D eigenvalue weighted by atomic mass is 9.94. The van der Waals surface area contributed by atoms with Crippen LogP contribution in [0.25, 0.3) is 70.4 Å². The smallest absolute Gasteiger partial charge is 0.0782 e. The highest BCUT2D eigenvalue weighted by Gasteiger charge is 2.23. The lowest BCUT2D eigenvalue weighted by molar-refractivity contribution is 1.25. The number of fused-ring (bicyclic) bond motifs is 12. The van der Waals surface area contributed by atoms with Crippen LogP contribution in [-0.2, 0) is 0 Å². The summed E-state index contributed by atoms with van der Waals surface area (Å²) in [6.45, 7) is 4.40. The van der Waals surface area contributed by atoms with E-state index in [0.29, 0.717) is 0 Å². The highest BCUT2D eigenvalue weighted by atomic mass is 15.2. The Balaban J connectivity index is 1.35. The van der Waals surface area contributed by atoms with Crippen LogP contribution in [0.15, 0.2) is 146 Å². The molecule has 10 rings (SSSR count). The molecule has 0 N–H and O–H groups in total. The summed E-state index contributed by atoms with van der Waals surface area (Å²) in [6.07, 6.45) is 0. The van der Waals surface area contributed by atoms with Crippen LogP contribution in [0.3, 0.4) is 0 Å². The van der Waals surface area contributed by atoms with Gasteiger partial charge in [0.05, 0.1) is 22.2 Å². The van der Waals surface area contributed by atoms with Gasteiger partial charge in [0, 0.05) is 32.9 Å². The van der Waals surface area contributed by atoms with Crippen molar-refractivity contribution in [3.63, 3.8) is 0 Å². The van der Waals surface area contributed by atoms with Gasteiger partial charge in [-0.2, -0.15) is 0 Å². The number of benzene rings is 8. The van der Waals surface area contributed by atoms with Gasteiger partial charge >= 0.3 is 0 Å². The zero-order chi connectivity index (χ0) is 30.5. The number of nitrogens with zero attached hydrogens (tertiary/aromatic N) is 2. The molecule has 216 valence electrons. The maximum Gasteiger partial charge on any atom is 0.0782 e. The summed E-state index contributed by atoms with van der Waals surface area (Å²) in [6, 6.07) is 53.9. The third-order valence-corrected chi connectivity index (χ3v) is 10.2. The molecule has 0 aliphatic carbocycles. The highest BCUT2D eigenvalue weighted by Crippen LogP contribution is 2.47. The average molecular weight is 587 g/mol. The van der Waals surface area contributed by atoms with Crippen molar-refractivity contribution in [2.24, 2.45) is 0 Å². The predicted octanol–water partition coefficient (Wildman–Crippen LogP) is 12.4. The first kappa shape index (κ1) is 25.5. The first-order valence-corrected chi connectivity index (χ1v) is 16.0. The average Bonchev–Trinajstić information content (AvgIpc) is 3.63. The Morgan fingerprint density at radius 1 is 0.370 bits per heavy atom. The molecule has 10 aromatic rings. The molecule has 46 heavy (non-hydrogen) atoms. The van der Waals surface area contributed by atoms with E-state index in [-0.39, 0.29) is 0 Å². The van der Waals surface area contributed by atoms with Gasteiger partial charge in [-0.1, -0.05) is 109 Å². The number of hydrogen-bond donors (Lipinski definition) is 0. The molecule has 0 aliphatic heterocycles. The SMILES string of the molecule is Cc1ccc(N(c2ccc3c4ccccc4c4ccccc4c3c2)c2cccc3c4cccc5c6ccccc6n(c23)c54)cc1C. The van der Waals surface area contributed by atoms with Crippen LogP contribution in [0, 0.1) is 13.8 Å². The second kappa shape index (κ2) is 9.32. The van der Waals surface area contributed by atoms with Gasteiger partial charge in [0.2, 0.25) is 0 Å².